The van der Waals surface area contributed by atoms with Crippen LogP contribution in [0.25, 0.3) is 0 Å². The lowest BCUT2D eigenvalue weighted by atomic mass is 10.1. The van der Waals surface area contributed by atoms with E-state index in [0.29, 0.717) is 24.0 Å². The maximum absolute atomic E-state index is 12.7. The van der Waals surface area contributed by atoms with E-state index in [0.717, 1.165) is 28.6 Å². The van der Waals surface area contributed by atoms with Gasteiger partial charge in [0.2, 0.25) is 10.0 Å². The standard InChI is InChI=1S/C18H21BrN2O2S/c1-14-5-7-18(8-6-14)24(22,23)21-11-9-16(10-12-21)20-17-4-2-3-15(19)13-17/h2-8,13,16,20H,9-12H2,1H3. The molecule has 1 aliphatic heterocycles. The number of aryl methyl sites for hydroxylation is 1. The fourth-order valence-electron chi connectivity index (χ4n) is 2.91. The van der Waals surface area contributed by atoms with Crippen molar-refractivity contribution < 1.29 is 8.42 Å². The van der Waals surface area contributed by atoms with Gasteiger partial charge in [-0.05, 0) is 50.1 Å². The summed E-state index contributed by atoms with van der Waals surface area (Å²) in [6.07, 6.45) is 1.61. The van der Waals surface area contributed by atoms with Crippen LogP contribution in [0.1, 0.15) is 18.4 Å². The number of anilines is 1. The maximum atomic E-state index is 12.7. The fraction of sp³-hybridized carbons (Fsp3) is 0.333. The summed E-state index contributed by atoms with van der Waals surface area (Å²) in [6, 6.07) is 15.4. The van der Waals surface area contributed by atoms with E-state index in [-0.39, 0.29) is 0 Å². The number of halogens is 1. The SMILES string of the molecule is Cc1ccc(S(=O)(=O)N2CCC(Nc3cccc(Br)c3)CC2)cc1. The van der Waals surface area contributed by atoms with Crippen molar-refractivity contribution in [1.82, 2.24) is 4.31 Å². The molecule has 1 N–H and O–H groups in total. The molecule has 1 fully saturated rings. The van der Waals surface area contributed by atoms with Gasteiger partial charge in [0, 0.05) is 29.3 Å². The van der Waals surface area contributed by atoms with Crippen LogP contribution in [-0.4, -0.2) is 31.9 Å². The lowest BCUT2D eigenvalue weighted by molar-refractivity contribution is 0.330. The summed E-state index contributed by atoms with van der Waals surface area (Å²) in [7, 11) is -3.38. The highest BCUT2D eigenvalue weighted by Gasteiger charge is 2.29. The van der Waals surface area contributed by atoms with Crippen LogP contribution in [0.2, 0.25) is 0 Å². The molecule has 0 atom stereocenters. The smallest absolute Gasteiger partial charge is 0.243 e. The lowest BCUT2D eigenvalue weighted by Gasteiger charge is -2.32. The van der Waals surface area contributed by atoms with Crippen molar-refractivity contribution in [3.8, 4) is 0 Å². The largest absolute Gasteiger partial charge is 0.382 e. The van der Waals surface area contributed by atoms with Crippen LogP contribution in [-0.2, 0) is 10.0 Å². The van der Waals surface area contributed by atoms with E-state index in [9.17, 15) is 8.42 Å². The van der Waals surface area contributed by atoms with Crippen LogP contribution >= 0.6 is 15.9 Å². The number of piperidine rings is 1. The van der Waals surface area contributed by atoms with Gasteiger partial charge in [0.1, 0.15) is 0 Å². The quantitative estimate of drug-likeness (QED) is 0.830. The van der Waals surface area contributed by atoms with Gasteiger partial charge < -0.3 is 5.32 Å². The summed E-state index contributed by atoms with van der Waals surface area (Å²) in [5, 5.41) is 3.49. The number of nitrogens with zero attached hydrogens (tertiary/aromatic N) is 1. The second-order valence-corrected chi connectivity index (χ2v) is 9.00. The third-order valence-corrected chi connectivity index (χ3v) is 6.71. The molecular formula is C18H21BrN2O2S. The predicted octanol–water partition coefficient (Wildman–Crippen LogP) is 4.02. The van der Waals surface area contributed by atoms with Crippen molar-refractivity contribution in [2.45, 2.75) is 30.7 Å². The van der Waals surface area contributed by atoms with Gasteiger partial charge in [-0.3, -0.25) is 0 Å². The van der Waals surface area contributed by atoms with E-state index in [1.807, 2.05) is 43.3 Å². The number of sulfonamides is 1. The summed E-state index contributed by atoms with van der Waals surface area (Å²) in [4.78, 5) is 0.381. The van der Waals surface area contributed by atoms with Crippen molar-refractivity contribution in [3.05, 3.63) is 58.6 Å². The predicted molar refractivity (Wildman–Crippen MR) is 101 cm³/mol. The number of benzene rings is 2. The van der Waals surface area contributed by atoms with Crippen LogP contribution in [0.15, 0.2) is 57.9 Å². The van der Waals surface area contributed by atoms with Crippen LogP contribution in [0.5, 0.6) is 0 Å². The zero-order chi connectivity index (χ0) is 17.2. The van der Waals surface area contributed by atoms with Crippen molar-refractivity contribution in [1.29, 1.82) is 0 Å². The molecule has 0 spiro atoms. The molecule has 1 aliphatic rings. The summed E-state index contributed by atoms with van der Waals surface area (Å²) < 4.78 is 28.0. The molecule has 1 heterocycles. The maximum Gasteiger partial charge on any atom is 0.243 e. The molecule has 1 saturated heterocycles. The van der Waals surface area contributed by atoms with E-state index in [1.54, 1.807) is 16.4 Å². The average Bonchev–Trinajstić information content (AvgIpc) is 2.56. The van der Waals surface area contributed by atoms with Gasteiger partial charge >= 0.3 is 0 Å². The topological polar surface area (TPSA) is 49.4 Å². The molecule has 0 aromatic heterocycles. The average molecular weight is 409 g/mol. The fourth-order valence-corrected chi connectivity index (χ4v) is 4.78. The van der Waals surface area contributed by atoms with Gasteiger partial charge in [-0.2, -0.15) is 4.31 Å². The van der Waals surface area contributed by atoms with Crippen LogP contribution < -0.4 is 5.32 Å². The van der Waals surface area contributed by atoms with Gasteiger partial charge in [0.25, 0.3) is 0 Å². The Morgan fingerprint density at radius 3 is 2.38 bits per heavy atom. The molecule has 24 heavy (non-hydrogen) atoms. The highest BCUT2D eigenvalue weighted by Crippen LogP contribution is 2.24. The highest BCUT2D eigenvalue weighted by atomic mass is 79.9. The first kappa shape index (κ1) is 17.5. The Morgan fingerprint density at radius 1 is 1.08 bits per heavy atom. The highest BCUT2D eigenvalue weighted by molar-refractivity contribution is 9.10. The molecule has 0 bridgehead atoms. The molecule has 0 amide bonds. The molecule has 0 saturated carbocycles. The lowest BCUT2D eigenvalue weighted by Crippen LogP contribution is -2.42. The molecule has 0 radical (unpaired) electrons. The van der Waals surface area contributed by atoms with Gasteiger partial charge in [0.05, 0.1) is 4.90 Å². The summed E-state index contributed by atoms with van der Waals surface area (Å²) in [5.74, 6) is 0. The Bertz CT molecular complexity index is 798. The molecular weight excluding hydrogens is 388 g/mol. The Labute approximate surface area is 152 Å². The molecule has 0 aliphatic carbocycles. The van der Waals surface area contributed by atoms with E-state index < -0.39 is 10.0 Å². The monoisotopic (exact) mass is 408 g/mol. The molecule has 2 aromatic carbocycles. The van der Waals surface area contributed by atoms with E-state index in [1.165, 1.54) is 0 Å². The molecule has 128 valence electrons. The zero-order valence-corrected chi connectivity index (χ0v) is 16.0. The first-order chi connectivity index (χ1) is 11.4. The van der Waals surface area contributed by atoms with Crippen molar-refractivity contribution in [2.75, 3.05) is 18.4 Å². The third kappa shape index (κ3) is 3.99. The van der Waals surface area contributed by atoms with Gasteiger partial charge in [0.15, 0.2) is 0 Å². The normalized spacial score (nSPS) is 16.9. The molecule has 3 rings (SSSR count). The summed E-state index contributed by atoms with van der Waals surface area (Å²) >= 11 is 3.47. The second-order valence-electron chi connectivity index (χ2n) is 6.15. The number of rotatable bonds is 4. The minimum Gasteiger partial charge on any atom is -0.382 e. The van der Waals surface area contributed by atoms with Crippen molar-refractivity contribution in [2.24, 2.45) is 0 Å². The first-order valence-corrected chi connectivity index (χ1v) is 10.3. The van der Waals surface area contributed by atoms with Gasteiger partial charge in [-0.25, -0.2) is 8.42 Å². The summed E-state index contributed by atoms with van der Waals surface area (Å²) in [5.41, 5.74) is 2.12. The Balaban J connectivity index is 1.63. The van der Waals surface area contributed by atoms with Crippen molar-refractivity contribution in [3.63, 3.8) is 0 Å². The van der Waals surface area contributed by atoms with E-state index >= 15 is 0 Å². The van der Waals surface area contributed by atoms with E-state index in [2.05, 4.69) is 21.2 Å². The van der Waals surface area contributed by atoms with Crippen LogP contribution in [0.3, 0.4) is 0 Å². The van der Waals surface area contributed by atoms with Crippen LogP contribution in [0, 0.1) is 6.92 Å². The first-order valence-electron chi connectivity index (χ1n) is 8.04. The molecule has 0 unspecified atom stereocenters. The molecule has 6 heteroatoms. The van der Waals surface area contributed by atoms with Gasteiger partial charge in [-0.1, -0.05) is 39.7 Å². The second kappa shape index (κ2) is 7.25. The number of hydrogen-bond acceptors (Lipinski definition) is 3. The minimum atomic E-state index is -3.38. The van der Waals surface area contributed by atoms with Crippen LogP contribution in [0.4, 0.5) is 5.69 Å². The Morgan fingerprint density at radius 2 is 1.75 bits per heavy atom. The Kier molecular flexibility index (Phi) is 5.27. The molecule has 4 nitrogen and oxygen atoms in total. The minimum absolute atomic E-state index is 0.295. The number of hydrogen-bond donors (Lipinski definition) is 1. The zero-order valence-electron chi connectivity index (χ0n) is 13.6. The number of nitrogens with one attached hydrogen (secondary N) is 1. The van der Waals surface area contributed by atoms with Crippen molar-refractivity contribution >= 4 is 31.6 Å². The summed E-state index contributed by atoms with van der Waals surface area (Å²) in [6.45, 7) is 3.04. The van der Waals surface area contributed by atoms with E-state index in [4.69, 9.17) is 0 Å². The van der Waals surface area contributed by atoms with Gasteiger partial charge in [-0.15, -0.1) is 0 Å². The molecule has 2 aromatic rings. The third-order valence-electron chi connectivity index (χ3n) is 4.31. The Hall–Kier alpha value is -1.37.